The van der Waals surface area contributed by atoms with Crippen LogP contribution in [0.3, 0.4) is 0 Å². The van der Waals surface area contributed by atoms with E-state index in [-0.39, 0.29) is 0 Å². The Bertz CT molecular complexity index is 228. The molecule has 80 valence electrons. The van der Waals surface area contributed by atoms with Gasteiger partial charge in [0.1, 0.15) is 5.84 Å². The highest BCUT2D eigenvalue weighted by Crippen LogP contribution is 2.29. The molecule has 2 fully saturated rings. The van der Waals surface area contributed by atoms with Gasteiger partial charge in [0.05, 0.1) is 6.54 Å². The Morgan fingerprint density at radius 3 is 2.79 bits per heavy atom. The number of amidine groups is 1. The highest BCUT2D eigenvalue weighted by molar-refractivity contribution is 5.79. The van der Waals surface area contributed by atoms with Crippen molar-refractivity contribution in [3.05, 3.63) is 0 Å². The zero-order chi connectivity index (χ0) is 10.1. The number of rotatable bonds is 2. The van der Waals surface area contributed by atoms with E-state index in [2.05, 4.69) is 16.8 Å². The number of nitrogens with zero attached hydrogens (tertiary/aromatic N) is 2. The maximum atomic E-state index is 7.38. The first-order chi connectivity index (χ1) is 6.66. The van der Waals surface area contributed by atoms with Crippen molar-refractivity contribution >= 4 is 5.84 Å². The Labute approximate surface area is 85.6 Å². The van der Waals surface area contributed by atoms with Crippen LogP contribution in [0.4, 0.5) is 0 Å². The standard InChI is InChI=1S/C10H20N4/c1-13-5-4-8-2-3-9(6-13)14(8)7-10(11)12/h8-9H,2-7H2,1H3,(H3,11,12). The average Bonchev–Trinajstić information content (AvgIpc) is 2.35. The Balaban J connectivity index is 2.05. The van der Waals surface area contributed by atoms with Crippen LogP contribution in [0.5, 0.6) is 0 Å². The van der Waals surface area contributed by atoms with Crippen LogP contribution in [0, 0.1) is 5.41 Å². The van der Waals surface area contributed by atoms with Gasteiger partial charge in [-0.2, -0.15) is 0 Å². The van der Waals surface area contributed by atoms with Crippen molar-refractivity contribution in [2.24, 2.45) is 5.73 Å². The number of nitrogens with two attached hydrogens (primary N) is 1. The molecule has 2 unspecified atom stereocenters. The molecule has 2 bridgehead atoms. The number of hydrogen-bond acceptors (Lipinski definition) is 3. The van der Waals surface area contributed by atoms with Crippen LogP contribution in [0.25, 0.3) is 0 Å². The third kappa shape index (κ3) is 1.91. The van der Waals surface area contributed by atoms with Gasteiger partial charge in [-0.05, 0) is 32.9 Å². The maximum absolute atomic E-state index is 7.38. The first kappa shape index (κ1) is 9.93. The highest BCUT2D eigenvalue weighted by Gasteiger charge is 2.36. The summed E-state index contributed by atoms with van der Waals surface area (Å²) in [5.41, 5.74) is 5.49. The molecule has 14 heavy (non-hydrogen) atoms. The summed E-state index contributed by atoms with van der Waals surface area (Å²) in [6, 6.07) is 1.31. The van der Waals surface area contributed by atoms with E-state index in [9.17, 15) is 0 Å². The molecule has 4 heteroatoms. The van der Waals surface area contributed by atoms with Gasteiger partial charge in [-0.15, -0.1) is 0 Å². The second-order valence-electron chi connectivity index (χ2n) is 4.63. The minimum atomic E-state index is 0.312. The van der Waals surface area contributed by atoms with E-state index in [1.807, 2.05) is 0 Å². The van der Waals surface area contributed by atoms with Gasteiger partial charge in [0.2, 0.25) is 0 Å². The van der Waals surface area contributed by atoms with E-state index in [1.165, 1.54) is 25.8 Å². The summed E-state index contributed by atoms with van der Waals surface area (Å²) in [6.07, 6.45) is 3.81. The minimum Gasteiger partial charge on any atom is -0.387 e. The molecule has 0 radical (unpaired) electrons. The van der Waals surface area contributed by atoms with E-state index in [0.29, 0.717) is 24.5 Å². The molecule has 0 aliphatic carbocycles. The van der Waals surface area contributed by atoms with Crippen molar-refractivity contribution < 1.29 is 0 Å². The van der Waals surface area contributed by atoms with Crippen LogP contribution < -0.4 is 5.73 Å². The zero-order valence-electron chi connectivity index (χ0n) is 8.87. The molecule has 3 N–H and O–H groups in total. The molecule has 2 aliphatic heterocycles. The first-order valence-corrected chi connectivity index (χ1v) is 5.44. The van der Waals surface area contributed by atoms with Crippen molar-refractivity contribution in [2.45, 2.75) is 31.3 Å². The van der Waals surface area contributed by atoms with Gasteiger partial charge in [-0.3, -0.25) is 10.3 Å². The van der Waals surface area contributed by atoms with Gasteiger partial charge in [-0.1, -0.05) is 0 Å². The molecule has 4 nitrogen and oxygen atoms in total. The van der Waals surface area contributed by atoms with Gasteiger partial charge in [0, 0.05) is 18.6 Å². The lowest BCUT2D eigenvalue weighted by atomic mass is 10.1. The van der Waals surface area contributed by atoms with E-state index < -0.39 is 0 Å². The largest absolute Gasteiger partial charge is 0.387 e. The molecule has 0 amide bonds. The van der Waals surface area contributed by atoms with Crippen molar-refractivity contribution in [2.75, 3.05) is 26.7 Å². The molecule has 2 atom stereocenters. The molecule has 0 spiro atoms. The Kier molecular flexibility index (Phi) is 2.74. The average molecular weight is 196 g/mol. The number of nitrogens with one attached hydrogen (secondary N) is 1. The lowest BCUT2D eigenvalue weighted by molar-refractivity contribution is 0.218. The van der Waals surface area contributed by atoms with Crippen LogP contribution in [-0.2, 0) is 0 Å². The van der Waals surface area contributed by atoms with E-state index in [4.69, 9.17) is 11.1 Å². The van der Waals surface area contributed by atoms with Crippen LogP contribution in [-0.4, -0.2) is 54.4 Å². The predicted molar refractivity (Wildman–Crippen MR) is 57.5 cm³/mol. The van der Waals surface area contributed by atoms with E-state index in [0.717, 1.165) is 6.54 Å². The monoisotopic (exact) mass is 196 g/mol. The van der Waals surface area contributed by atoms with Crippen molar-refractivity contribution in [1.29, 1.82) is 5.41 Å². The molecular formula is C10H20N4. The Morgan fingerprint density at radius 1 is 1.36 bits per heavy atom. The topological polar surface area (TPSA) is 56.4 Å². The van der Waals surface area contributed by atoms with E-state index in [1.54, 1.807) is 0 Å². The fraction of sp³-hybridized carbons (Fsp3) is 0.900. The third-order valence-corrected chi connectivity index (χ3v) is 3.49. The van der Waals surface area contributed by atoms with Crippen LogP contribution in [0.15, 0.2) is 0 Å². The van der Waals surface area contributed by atoms with Gasteiger partial charge in [-0.25, -0.2) is 0 Å². The van der Waals surface area contributed by atoms with Crippen molar-refractivity contribution in [3.63, 3.8) is 0 Å². The van der Waals surface area contributed by atoms with Gasteiger partial charge in [0.25, 0.3) is 0 Å². The Morgan fingerprint density at radius 2 is 2.07 bits per heavy atom. The fourth-order valence-electron chi connectivity index (χ4n) is 2.80. The quantitative estimate of drug-likeness (QED) is 0.486. The second-order valence-corrected chi connectivity index (χ2v) is 4.63. The lowest BCUT2D eigenvalue weighted by Crippen LogP contribution is -2.43. The fourth-order valence-corrected chi connectivity index (χ4v) is 2.80. The lowest BCUT2D eigenvalue weighted by Gasteiger charge is -2.27. The number of hydrogen-bond donors (Lipinski definition) is 2. The third-order valence-electron chi connectivity index (χ3n) is 3.49. The van der Waals surface area contributed by atoms with E-state index >= 15 is 0 Å². The second kappa shape index (κ2) is 3.87. The molecular weight excluding hydrogens is 176 g/mol. The Hall–Kier alpha value is -0.610. The first-order valence-electron chi connectivity index (χ1n) is 5.44. The molecule has 0 saturated carbocycles. The summed E-state index contributed by atoms with van der Waals surface area (Å²) in [5, 5.41) is 7.38. The van der Waals surface area contributed by atoms with Crippen LogP contribution in [0.2, 0.25) is 0 Å². The minimum absolute atomic E-state index is 0.312. The maximum Gasteiger partial charge on any atom is 0.105 e. The molecule has 2 aliphatic rings. The summed E-state index contributed by atoms with van der Waals surface area (Å²) >= 11 is 0. The van der Waals surface area contributed by atoms with Crippen LogP contribution >= 0.6 is 0 Å². The summed E-state index contributed by atoms with van der Waals surface area (Å²) in [5.74, 6) is 0.312. The highest BCUT2D eigenvalue weighted by atomic mass is 15.3. The molecule has 0 aromatic carbocycles. The predicted octanol–water partition coefficient (Wildman–Crippen LogP) is 0.0909. The number of likely N-dealkylation sites (tertiary alicyclic amines) is 1. The molecule has 0 aromatic heterocycles. The number of fused-ring (bicyclic) bond motifs is 2. The zero-order valence-corrected chi connectivity index (χ0v) is 8.87. The van der Waals surface area contributed by atoms with Crippen molar-refractivity contribution in [1.82, 2.24) is 9.80 Å². The van der Waals surface area contributed by atoms with Gasteiger partial charge >= 0.3 is 0 Å². The van der Waals surface area contributed by atoms with Crippen molar-refractivity contribution in [3.8, 4) is 0 Å². The van der Waals surface area contributed by atoms with Gasteiger partial charge in [0.15, 0.2) is 0 Å². The van der Waals surface area contributed by atoms with Crippen LogP contribution in [0.1, 0.15) is 19.3 Å². The SMILES string of the molecule is CN1CCC2CCC(C1)N2CC(=N)N. The molecule has 2 heterocycles. The summed E-state index contributed by atoms with van der Waals surface area (Å²) in [6.45, 7) is 3.00. The van der Waals surface area contributed by atoms with Gasteiger partial charge < -0.3 is 10.6 Å². The summed E-state index contributed by atoms with van der Waals surface area (Å²) in [7, 11) is 2.19. The number of likely N-dealkylation sites (N-methyl/N-ethyl adjacent to an activating group) is 1. The summed E-state index contributed by atoms with van der Waals surface area (Å²) in [4.78, 5) is 4.84. The molecule has 0 aromatic rings. The smallest absolute Gasteiger partial charge is 0.105 e. The molecule has 2 saturated heterocycles. The summed E-state index contributed by atoms with van der Waals surface area (Å²) < 4.78 is 0. The normalized spacial score (nSPS) is 34.4. The molecule has 2 rings (SSSR count).